The average molecular weight is 296 g/mol. The number of carbonyl (C=O) groups excluding carboxylic acids is 1. The largest absolute Gasteiger partial charge is 0.450 e. The third kappa shape index (κ3) is 3.04. The first kappa shape index (κ1) is 15.8. The van der Waals surface area contributed by atoms with Crippen molar-refractivity contribution in [1.82, 2.24) is 0 Å². The van der Waals surface area contributed by atoms with Crippen LogP contribution < -0.4 is 5.32 Å². The minimum Gasteiger partial charge on any atom is -0.450 e. The Kier molecular flexibility index (Phi) is 4.67. The molecule has 1 aromatic carbocycles. The molecule has 2 aromatic rings. The fourth-order valence-corrected chi connectivity index (χ4v) is 2.60. The standard InChI is InChI=1S/C18H20N2O2/c1-5-13-7-11(3)8-14(6-2)17(13)20-18(21)16-9-15(10-19)22-12(16)4/h7-9H,5-6H2,1-4H3,(H,20,21). The van der Waals surface area contributed by atoms with Crippen molar-refractivity contribution in [2.24, 2.45) is 0 Å². The van der Waals surface area contributed by atoms with Gasteiger partial charge < -0.3 is 9.73 Å². The normalized spacial score (nSPS) is 10.3. The van der Waals surface area contributed by atoms with Gasteiger partial charge in [-0.05, 0) is 37.8 Å². The van der Waals surface area contributed by atoms with E-state index in [0.29, 0.717) is 11.3 Å². The van der Waals surface area contributed by atoms with Crippen LogP contribution in [-0.4, -0.2) is 5.91 Å². The topological polar surface area (TPSA) is 66.0 Å². The summed E-state index contributed by atoms with van der Waals surface area (Å²) in [6.07, 6.45) is 1.69. The van der Waals surface area contributed by atoms with Gasteiger partial charge in [-0.1, -0.05) is 31.5 Å². The van der Waals surface area contributed by atoms with Crippen LogP contribution in [0.1, 0.15) is 52.4 Å². The second-order valence-corrected chi connectivity index (χ2v) is 5.31. The van der Waals surface area contributed by atoms with E-state index in [-0.39, 0.29) is 11.7 Å². The molecule has 1 N–H and O–H groups in total. The number of hydrogen-bond acceptors (Lipinski definition) is 3. The number of amides is 1. The van der Waals surface area contributed by atoms with Gasteiger partial charge in [0, 0.05) is 11.8 Å². The summed E-state index contributed by atoms with van der Waals surface area (Å²) in [5.74, 6) is 0.367. The minimum absolute atomic E-state index is 0.151. The molecule has 0 saturated carbocycles. The molecule has 0 aliphatic rings. The van der Waals surface area contributed by atoms with Crippen molar-refractivity contribution in [3.05, 3.63) is 52.0 Å². The third-order valence-electron chi connectivity index (χ3n) is 3.72. The van der Waals surface area contributed by atoms with E-state index in [0.717, 1.165) is 29.7 Å². The van der Waals surface area contributed by atoms with Gasteiger partial charge >= 0.3 is 0 Å². The number of anilines is 1. The van der Waals surface area contributed by atoms with Crippen molar-refractivity contribution in [2.75, 3.05) is 5.32 Å². The van der Waals surface area contributed by atoms with Gasteiger partial charge in [-0.3, -0.25) is 4.79 Å². The van der Waals surface area contributed by atoms with E-state index in [1.165, 1.54) is 11.6 Å². The van der Waals surface area contributed by atoms with E-state index in [1.54, 1.807) is 6.92 Å². The molecule has 0 atom stereocenters. The molecule has 2 rings (SSSR count). The van der Waals surface area contributed by atoms with Crippen molar-refractivity contribution < 1.29 is 9.21 Å². The number of nitrogens with one attached hydrogen (secondary N) is 1. The Morgan fingerprint density at radius 2 is 1.77 bits per heavy atom. The number of furan rings is 1. The van der Waals surface area contributed by atoms with Gasteiger partial charge in [0.05, 0.1) is 5.56 Å². The molecular formula is C18H20N2O2. The van der Waals surface area contributed by atoms with Gasteiger partial charge in [-0.15, -0.1) is 0 Å². The Bertz CT molecular complexity index is 726. The Morgan fingerprint density at radius 1 is 1.18 bits per heavy atom. The van der Waals surface area contributed by atoms with Gasteiger partial charge in [0.15, 0.2) is 0 Å². The predicted octanol–water partition coefficient (Wildman–Crippen LogP) is 4.15. The van der Waals surface area contributed by atoms with Crippen molar-refractivity contribution in [2.45, 2.75) is 40.5 Å². The zero-order valence-corrected chi connectivity index (χ0v) is 13.4. The van der Waals surface area contributed by atoms with Crippen LogP contribution in [0.25, 0.3) is 0 Å². The summed E-state index contributed by atoms with van der Waals surface area (Å²) in [4.78, 5) is 12.5. The lowest BCUT2D eigenvalue weighted by Crippen LogP contribution is -2.15. The molecule has 4 nitrogen and oxygen atoms in total. The summed E-state index contributed by atoms with van der Waals surface area (Å²) in [6.45, 7) is 7.89. The Hall–Kier alpha value is -2.54. The molecule has 0 saturated heterocycles. The van der Waals surface area contributed by atoms with Gasteiger partial charge in [0.1, 0.15) is 11.8 Å². The zero-order chi connectivity index (χ0) is 16.3. The molecule has 114 valence electrons. The number of carbonyl (C=O) groups is 1. The van der Waals surface area contributed by atoms with Crippen LogP contribution in [0, 0.1) is 25.2 Å². The number of benzene rings is 1. The Labute approximate surface area is 130 Å². The first-order valence-electron chi connectivity index (χ1n) is 7.44. The maximum absolute atomic E-state index is 12.5. The van der Waals surface area contributed by atoms with Gasteiger partial charge in [0.2, 0.25) is 5.76 Å². The molecule has 4 heteroatoms. The Morgan fingerprint density at radius 3 is 2.23 bits per heavy atom. The molecule has 0 radical (unpaired) electrons. The average Bonchev–Trinajstić information content (AvgIpc) is 2.89. The Balaban J connectivity index is 2.39. The number of nitriles is 1. The molecule has 1 heterocycles. The maximum Gasteiger partial charge on any atom is 0.259 e. The van der Waals surface area contributed by atoms with Crippen LogP contribution in [0.15, 0.2) is 22.6 Å². The van der Waals surface area contributed by atoms with E-state index >= 15 is 0 Å². The van der Waals surface area contributed by atoms with E-state index in [2.05, 4.69) is 38.2 Å². The van der Waals surface area contributed by atoms with Crippen LogP contribution in [0.2, 0.25) is 0 Å². The monoisotopic (exact) mass is 296 g/mol. The van der Waals surface area contributed by atoms with Crippen molar-refractivity contribution >= 4 is 11.6 Å². The highest BCUT2D eigenvalue weighted by Gasteiger charge is 2.17. The number of nitrogens with zero attached hydrogens (tertiary/aromatic N) is 1. The van der Waals surface area contributed by atoms with E-state index in [1.807, 2.05) is 6.07 Å². The zero-order valence-electron chi connectivity index (χ0n) is 13.4. The molecule has 22 heavy (non-hydrogen) atoms. The van der Waals surface area contributed by atoms with Crippen molar-refractivity contribution in [3.63, 3.8) is 0 Å². The summed E-state index contributed by atoms with van der Waals surface area (Å²) in [5.41, 5.74) is 4.71. The van der Waals surface area contributed by atoms with Gasteiger partial charge in [-0.2, -0.15) is 5.26 Å². The summed E-state index contributed by atoms with van der Waals surface area (Å²) in [5, 5.41) is 11.9. The predicted molar refractivity (Wildman–Crippen MR) is 86.0 cm³/mol. The van der Waals surface area contributed by atoms with E-state index in [4.69, 9.17) is 9.68 Å². The van der Waals surface area contributed by atoms with Crippen LogP contribution in [0.4, 0.5) is 5.69 Å². The van der Waals surface area contributed by atoms with Crippen molar-refractivity contribution in [3.8, 4) is 6.07 Å². The highest BCUT2D eigenvalue weighted by atomic mass is 16.3. The molecule has 0 bridgehead atoms. The van der Waals surface area contributed by atoms with Gasteiger partial charge in [-0.25, -0.2) is 0 Å². The van der Waals surface area contributed by atoms with Crippen molar-refractivity contribution in [1.29, 1.82) is 5.26 Å². The first-order valence-corrected chi connectivity index (χ1v) is 7.44. The summed E-state index contributed by atoms with van der Waals surface area (Å²) >= 11 is 0. The fourth-order valence-electron chi connectivity index (χ4n) is 2.60. The number of rotatable bonds is 4. The smallest absolute Gasteiger partial charge is 0.259 e. The summed E-state index contributed by atoms with van der Waals surface area (Å²) in [6, 6.07) is 7.58. The van der Waals surface area contributed by atoms with Crippen LogP contribution in [0.3, 0.4) is 0 Å². The second kappa shape index (κ2) is 6.48. The summed E-state index contributed by atoms with van der Waals surface area (Å²) < 4.78 is 5.23. The van der Waals surface area contributed by atoms with E-state index < -0.39 is 0 Å². The highest BCUT2D eigenvalue weighted by Crippen LogP contribution is 2.26. The molecule has 0 aliphatic carbocycles. The van der Waals surface area contributed by atoms with Crippen LogP contribution >= 0.6 is 0 Å². The lowest BCUT2D eigenvalue weighted by Gasteiger charge is -2.15. The van der Waals surface area contributed by atoms with E-state index in [9.17, 15) is 4.79 Å². The molecule has 0 unspecified atom stereocenters. The van der Waals surface area contributed by atoms with Crippen LogP contribution in [-0.2, 0) is 12.8 Å². The molecule has 0 fully saturated rings. The quantitative estimate of drug-likeness (QED) is 0.921. The third-order valence-corrected chi connectivity index (χ3v) is 3.72. The molecule has 0 aliphatic heterocycles. The first-order chi connectivity index (χ1) is 10.5. The molecule has 1 aromatic heterocycles. The van der Waals surface area contributed by atoms with Gasteiger partial charge in [0.25, 0.3) is 5.91 Å². The summed E-state index contributed by atoms with van der Waals surface area (Å²) in [7, 11) is 0. The maximum atomic E-state index is 12.5. The highest BCUT2D eigenvalue weighted by molar-refractivity contribution is 6.06. The number of hydrogen-bond donors (Lipinski definition) is 1. The molecule has 1 amide bonds. The SMILES string of the molecule is CCc1cc(C)cc(CC)c1NC(=O)c1cc(C#N)oc1C. The second-order valence-electron chi connectivity index (χ2n) is 5.31. The number of aryl methyl sites for hydroxylation is 4. The van der Waals surface area contributed by atoms with Crippen LogP contribution in [0.5, 0.6) is 0 Å². The molecular weight excluding hydrogens is 276 g/mol. The molecule has 0 spiro atoms. The lowest BCUT2D eigenvalue weighted by molar-refractivity contribution is 0.102. The minimum atomic E-state index is -0.240. The fraction of sp³-hybridized carbons (Fsp3) is 0.333. The lowest BCUT2D eigenvalue weighted by atomic mass is 9.99.